The molecule has 3 aromatic rings. The Bertz CT molecular complexity index is 1490. The Morgan fingerprint density at radius 1 is 1.21 bits per heavy atom. The molecule has 2 fully saturated rings. The second kappa shape index (κ2) is 9.67. The molecule has 1 aliphatic carbocycles. The molecule has 1 aromatic carbocycles. The molecule has 11 heteroatoms. The highest BCUT2D eigenvalue weighted by Gasteiger charge is 2.57. The number of allylic oxidation sites excluding steroid dienone is 1. The molecule has 0 spiro atoms. The number of methoxy groups -OCH3 is 1. The van der Waals surface area contributed by atoms with Crippen molar-refractivity contribution in [2.45, 2.75) is 41.9 Å². The van der Waals surface area contributed by atoms with E-state index in [1.807, 2.05) is 18.2 Å². The predicted molar refractivity (Wildman–Crippen MR) is 145 cm³/mol. The molecule has 0 amide bonds. The minimum Gasteiger partial charge on any atom is -0.496 e. The smallest absolute Gasteiger partial charge is 0.149 e. The number of hydrogen-bond donors (Lipinski definition) is 1. The number of rotatable bonds is 6. The molecule has 194 valence electrons. The summed E-state index contributed by atoms with van der Waals surface area (Å²) in [6, 6.07) is 7.38. The molecule has 1 saturated carbocycles. The fourth-order valence-electron chi connectivity index (χ4n) is 5.35. The predicted octanol–water partition coefficient (Wildman–Crippen LogP) is 5.78. The number of nitrogens with zero attached hydrogens (tertiary/aromatic N) is 5. The van der Waals surface area contributed by atoms with Gasteiger partial charge in [0, 0.05) is 41.2 Å². The lowest BCUT2D eigenvalue weighted by Gasteiger charge is -2.56. The highest BCUT2D eigenvalue weighted by Crippen LogP contribution is 2.54. The number of aliphatic imine (C=N–C) groups is 1. The van der Waals surface area contributed by atoms with Crippen LogP contribution in [0.15, 0.2) is 52.3 Å². The maximum atomic E-state index is 11.1. The minimum absolute atomic E-state index is 0.203. The number of nitriles is 1. The number of pyridine rings is 1. The fraction of sp³-hybridized carbons (Fsp3) is 0.333. The maximum absolute atomic E-state index is 11.1. The van der Waals surface area contributed by atoms with Gasteiger partial charge in [0.15, 0.2) is 0 Å². The number of hydrogen-bond acceptors (Lipinski definition) is 8. The van der Waals surface area contributed by atoms with Crippen molar-refractivity contribution >= 4 is 41.0 Å². The van der Waals surface area contributed by atoms with Crippen LogP contribution in [0.2, 0.25) is 10.0 Å². The average molecular weight is 571 g/mol. The zero-order chi connectivity index (χ0) is 26.6. The standard InChI is InChI=1S/C27H22Cl3N5O3/c1-37-25-15(19-21(34-38-24(19)14-6-7-14)20-17(28)10-33-11-18(20)29)4-2-5-16(25)22-23(36)26(30)35(22)27(12-31)8-3-9-32-13-27/h2-5,8-11,14,22-23,26,36H,6-7,13H2,1H3. The summed E-state index contributed by atoms with van der Waals surface area (Å²) in [6.45, 7) is 0.203. The van der Waals surface area contributed by atoms with Gasteiger partial charge in [0.1, 0.15) is 34.3 Å². The van der Waals surface area contributed by atoms with Crippen molar-refractivity contribution in [1.82, 2.24) is 15.0 Å². The summed E-state index contributed by atoms with van der Waals surface area (Å²) in [5, 5.41) is 26.3. The number of likely N-dealkylation sites (tertiary alicyclic amines) is 1. The fourth-order valence-corrected chi connectivity index (χ4v) is 6.32. The van der Waals surface area contributed by atoms with Crippen LogP contribution in [0.3, 0.4) is 0 Å². The third kappa shape index (κ3) is 3.84. The number of ether oxygens (including phenoxy) is 1. The van der Waals surface area contributed by atoms with Crippen LogP contribution in [0.25, 0.3) is 22.4 Å². The summed E-state index contributed by atoms with van der Waals surface area (Å²) >= 11 is 19.6. The number of aliphatic hydroxyl groups is 1. The topological polar surface area (TPSA) is 108 Å². The van der Waals surface area contributed by atoms with Crippen LogP contribution in [0.4, 0.5) is 0 Å². The molecular weight excluding hydrogens is 549 g/mol. The highest BCUT2D eigenvalue weighted by atomic mass is 35.5. The first-order valence-electron chi connectivity index (χ1n) is 12.1. The number of halogens is 3. The van der Waals surface area contributed by atoms with Gasteiger partial charge >= 0.3 is 0 Å². The Morgan fingerprint density at radius 2 is 1.97 bits per heavy atom. The number of aliphatic hydroxyl groups excluding tert-OH is 1. The molecule has 0 radical (unpaired) electrons. The van der Waals surface area contributed by atoms with E-state index in [4.69, 9.17) is 44.1 Å². The van der Waals surface area contributed by atoms with Crippen molar-refractivity contribution in [3.8, 4) is 34.2 Å². The van der Waals surface area contributed by atoms with Gasteiger partial charge in [-0.05, 0) is 25.0 Å². The summed E-state index contributed by atoms with van der Waals surface area (Å²) in [6.07, 6.45) is 9.16. The maximum Gasteiger partial charge on any atom is 0.149 e. The second-order valence-corrected chi connectivity index (χ2v) is 10.8. The van der Waals surface area contributed by atoms with Crippen LogP contribution in [0, 0.1) is 11.3 Å². The van der Waals surface area contributed by atoms with Crippen LogP contribution in [-0.4, -0.2) is 57.2 Å². The van der Waals surface area contributed by atoms with Gasteiger partial charge in [-0.2, -0.15) is 5.26 Å². The van der Waals surface area contributed by atoms with Crippen LogP contribution in [-0.2, 0) is 0 Å². The molecule has 2 aliphatic heterocycles. The van der Waals surface area contributed by atoms with E-state index >= 15 is 0 Å². The third-order valence-electron chi connectivity index (χ3n) is 7.32. The van der Waals surface area contributed by atoms with E-state index in [-0.39, 0.29) is 12.5 Å². The molecule has 8 nitrogen and oxygen atoms in total. The summed E-state index contributed by atoms with van der Waals surface area (Å²) < 4.78 is 11.9. The van der Waals surface area contributed by atoms with E-state index in [1.54, 1.807) is 30.4 Å². The molecule has 38 heavy (non-hydrogen) atoms. The lowest BCUT2D eigenvalue weighted by atomic mass is 9.81. The van der Waals surface area contributed by atoms with Gasteiger partial charge in [-0.15, -0.1) is 11.6 Å². The van der Waals surface area contributed by atoms with Crippen molar-refractivity contribution in [2.75, 3.05) is 13.7 Å². The largest absolute Gasteiger partial charge is 0.496 e. The zero-order valence-electron chi connectivity index (χ0n) is 20.2. The molecule has 4 heterocycles. The molecule has 4 unspecified atom stereocenters. The first-order valence-corrected chi connectivity index (χ1v) is 13.3. The Kier molecular flexibility index (Phi) is 6.45. The summed E-state index contributed by atoms with van der Waals surface area (Å²) in [7, 11) is 1.57. The normalized spacial score (nSPS) is 26.7. The van der Waals surface area contributed by atoms with Crippen LogP contribution in [0.1, 0.15) is 36.1 Å². The first kappa shape index (κ1) is 25.4. The summed E-state index contributed by atoms with van der Waals surface area (Å²) in [5.41, 5.74) is 1.22. The number of benzene rings is 1. The van der Waals surface area contributed by atoms with Gasteiger partial charge in [0.25, 0.3) is 0 Å². The molecule has 4 atom stereocenters. The van der Waals surface area contributed by atoms with Crippen molar-refractivity contribution in [3.63, 3.8) is 0 Å². The van der Waals surface area contributed by atoms with Crippen molar-refractivity contribution < 1.29 is 14.4 Å². The number of dihydropyridines is 1. The van der Waals surface area contributed by atoms with Gasteiger partial charge in [0.05, 0.1) is 41.4 Å². The van der Waals surface area contributed by atoms with E-state index in [2.05, 4.69) is 21.2 Å². The molecule has 6 rings (SSSR count). The number of aromatic nitrogens is 2. The van der Waals surface area contributed by atoms with Gasteiger partial charge in [-0.3, -0.25) is 14.9 Å². The van der Waals surface area contributed by atoms with E-state index in [1.165, 1.54) is 12.4 Å². The Hall–Kier alpha value is -2.93. The van der Waals surface area contributed by atoms with E-state index in [0.717, 1.165) is 24.2 Å². The van der Waals surface area contributed by atoms with Crippen LogP contribution >= 0.6 is 34.8 Å². The first-order chi connectivity index (χ1) is 18.4. The minimum atomic E-state index is -1.11. The van der Waals surface area contributed by atoms with Gasteiger partial charge in [0.2, 0.25) is 0 Å². The molecule has 3 aliphatic rings. The molecule has 1 saturated heterocycles. The SMILES string of the molecule is COc1c(-c2c(-c3c(Cl)cncc3Cl)noc2C2CC2)cccc1C1C(O)C(Cl)N1C1(C#N)C=CC=NC1. The molecule has 2 aromatic heterocycles. The Labute approximate surface area is 234 Å². The van der Waals surface area contributed by atoms with Gasteiger partial charge in [-0.1, -0.05) is 46.6 Å². The Balaban J connectivity index is 1.53. The second-order valence-electron chi connectivity index (χ2n) is 9.55. The van der Waals surface area contributed by atoms with Crippen molar-refractivity contribution in [1.29, 1.82) is 5.26 Å². The van der Waals surface area contributed by atoms with Gasteiger partial charge in [-0.25, -0.2) is 0 Å². The van der Waals surface area contributed by atoms with Crippen LogP contribution in [0.5, 0.6) is 5.75 Å². The monoisotopic (exact) mass is 569 g/mol. The number of para-hydroxylation sites is 1. The molecule has 0 bridgehead atoms. The van der Waals surface area contributed by atoms with Crippen molar-refractivity contribution in [2.24, 2.45) is 4.99 Å². The highest BCUT2D eigenvalue weighted by molar-refractivity contribution is 6.39. The zero-order valence-corrected chi connectivity index (χ0v) is 22.5. The summed E-state index contributed by atoms with van der Waals surface area (Å²) in [5.74, 6) is 1.44. The summed E-state index contributed by atoms with van der Waals surface area (Å²) in [4.78, 5) is 10.1. The van der Waals surface area contributed by atoms with E-state index < -0.39 is 23.2 Å². The quantitative estimate of drug-likeness (QED) is 0.296. The van der Waals surface area contributed by atoms with Crippen LogP contribution < -0.4 is 4.74 Å². The van der Waals surface area contributed by atoms with Gasteiger partial charge < -0.3 is 14.4 Å². The Morgan fingerprint density at radius 3 is 2.61 bits per heavy atom. The van der Waals surface area contributed by atoms with E-state index in [9.17, 15) is 10.4 Å². The number of alkyl halides is 1. The van der Waals surface area contributed by atoms with E-state index in [0.29, 0.717) is 38.2 Å². The van der Waals surface area contributed by atoms with Crippen molar-refractivity contribution in [3.05, 3.63) is 64.1 Å². The molecular formula is C27H22Cl3N5O3. The lowest BCUT2D eigenvalue weighted by Crippen LogP contribution is -2.68. The lowest BCUT2D eigenvalue weighted by molar-refractivity contribution is -0.115. The third-order valence-corrected chi connectivity index (χ3v) is 8.36. The average Bonchev–Trinajstić information content (AvgIpc) is 3.70. The molecule has 1 N–H and O–H groups in total.